The molecule has 2 aliphatic rings. The van der Waals surface area contributed by atoms with Crippen LogP contribution in [0.5, 0.6) is 0 Å². The van der Waals surface area contributed by atoms with E-state index in [-0.39, 0.29) is 22.9 Å². The minimum Gasteiger partial charge on any atom is -0.373 e. The van der Waals surface area contributed by atoms with Crippen LogP contribution < -0.4 is 0 Å². The van der Waals surface area contributed by atoms with Crippen molar-refractivity contribution >= 4 is 17.5 Å². The molecule has 3 heterocycles. The van der Waals surface area contributed by atoms with Crippen molar-refractivity contribution in [3.8, 4) is 5.69 Å². The fraction of sp³-hybridized carbons (Fsp3) is 0.565. The summed E-state index contributed by atoms with van der Waals surface area (Å²) in [7, 11) is 0. The Balaban J connectivity index is 1.46. The Morgan fingerprint density at radius 3 is 2.45 bits per heavy atom. The van der Waals surface area contributed by atoms with E-state index >= 15 is 0 Å². The van der Waals surface area contributed by atoms with E-state index in [9.17, 15) is 18.0 Å². The lowest BCUT2D eigenvalue weighted by molar-refractivity contribution is -0.143. The first-order valence-electron chi connectivity index (χ1n) is 11.2. The number of morpholine rings is 1. The normalized spacial score (nSPS) is 23.2. The quantitative estimate of drug-likeness (QED) is 0.641. The zero-order valence-corrected chi connectivity index (χ0v) is 19.4. The van der Waals surface area contributed by atoms with Crippen LogP contribution in [0.2, 0.25) is 5.02 Å². The highest BCUT2D eigenvalue weighted by Gasteiger charge is 2.42. The van der Waals surface area contributed by atoms with Crippen molar-refractivity contribution < 1.29 is 22.7 Å². The first kappa shape index (κ1) is 24.0. The molecule has 180 valence electrons. The van der Waals surface area contributed by atoms with Gasteiger partial charge in [0.1, 0.15) is 0 Å². The Hall–Kier alpha value is -2.10. The molecule has 6 nitrogen and oxygen atoms in total. The highest BCUT2D eigenvalue weighted by molar-refractivity contribution is 6.30. The molecule has 2 aliphatic heterocycles. The molecule has 4 rings (SSSR count). The van der Waals surface area contributed by atoms with Crippen molar-refractivity contribution in [3.63, 3.8) is 0 Å². The van der Waals surface area contributed by atoms with Crippen LogP contribution in [0.25, 0.3) is 5.69 Å². The van der Waals surface area contributed by atoms with Crippen LogP contribution in [0.1, 0.15) is 42.7 Å². The summed E-state index contributed by atoms with van der Waals surface area (Å²) in [6, 6.07) is 5.97. The number of hydrogen-bond donors (Lipinski definition) is 0. The molecule has 33 heavy (non-hydrogen) atoms. The van der Waals surface area contributed by atoms with Crippen molar-refractivity contribution in [2.75, 3.05) is 32.7 Å². The first-order valence-corrected chi connectivity index (χ1v) is 11.6. The standard InChI is InChI=1S/C23H28ClF3N4O2/c1-15-12-29(13-16(2)33-15)14-17-6-8-30(9-7-17)22(32)20-11-28-31(21(20)23(25,26)27)19-5-3-4-18(24)10-19/h3-5,10-11,15-17H,6-9,12-14H2,1-2H3. The minimum atomic E-state index is -4.74. The van der Waals surface area contributed by atoms with Crippen LogP contribution in [0.3, 0.4) is 0 Å². The van der Waals surface area contributed by atoms with Gasteiger partial charge < -0.3 is 9.64 Å². The summed E-state index contributed by atoms with van der Waals surface area (Å²) in [5.41, 5.74) is -1.36. The number of piperidine rings is 1. The molecule has 0 aliphatic carbocycles. The van der Waals surface area contributed by atoms with Gasteiger partial charge in [-0.05, 0) is 50.8 Å². The zero-order valence-electron chi connectivity index (χ0n) is 18.7. The van der Waals surface area contributed by atoms with Crippen molar-refractivity contribution in [3.05, 3.63) is 46.7 Å². The van der Waals surface area contributed by atoms with E-state index in [0.29, 0.717) is 19.0 Å². The number of benzene rings is 1. The smallest absolute Gasteiger partial charge is 0.373 e. The highest BCUT2D eigenvalue weighted by atomic mass is 35.5. The summed E-state index contributed by atoms with van der Waals surface area (Å²) in [6.07, 6.45) is -1.84. The van der Waals surface area contributed by atoms with E-state index in [1.54, 1.807) is 12.1 Å². The van der Waals surface area contributed by atoms with Gasteiger partial charge in [0.15, 0.2) is 5.69 Å². The average Bonchev–Trinajstić information content (AvgIpc) is 3.19. The topological polar surface area (TPSA) is 50.6 Å². The molecule has 10 heteroatoms. The lowest BCUT2D eigenvalue weighted by Gasteiger charge is -2.39. The number of alkyl halides is 3. The molecule has 1 amide bonds. The number of halogens is 4. The number of ether oxygens (including phenoxy) is 1. The Morgan fingerprint density at radius 1 is 1.18 bits per heavy atom. The van der Waals surface area contributed by atoms with Gasteiger partial charge in [0.05, 0.1) is 29.7 Å². The third-order valence-electron chi connectivity index (χ3n) is 6.23. The van der Waals surface area contributed by atoms with Crippen LogP contribution in [0, 0.1) is 5.92 Å². The van der Waals surface area contributed by atoms with E-state index in [2.05, 4.69) is 23.8 Å². The van der Waals surface area contributed by atoms with Gasteiger partial charge in [-0.3, -0.25) is 9.69 Å². The molecule has 2 aromatic rings. The average molecular weight is 485 g/mol. The third-order valence-corrected chi connectivity index (χ3v) is 6.47. The van der Waals surface area contributed by atoms with Gasteiger partial charge in [-0.15, -0.1) is 0 Å². The van der Waals surface area contributed by atoms with E-state index in [0.717, 1.165) is 43.4 Å². The maximum Gasteiger partial charge on any atom is 0.434 e. The number of nitrogens with zero attached hydrogens (tertiary/aromatic N) is 4. The van der Waals surface area contributed by atoms with Gasteiger partial charge in [0.25, 0.3) is 5.91 Å². The first-order chi connectivity index (χ1) is 15.6. The monoisotopic (exact) mass is 484 g/mol. The predicted octanol–water partition coefficient (Wildman–Crippen LogP) is 4.51. The van der Waals surface area contributed by atoms with Gasteiger partial charge in [0, 0.05) is 37.7 Å². The molecule has 0 radical (unpaired) electrons. The van der Waals surface area contributed by atoms with Crippen LogP contribution in [0.4, 0.5) is 13.2 Å². The maximum atomic E-state index is 14.0. The summed E-state index contributed by atoms with van der Waals surface area (Å²) in [5, 5.41) is 4.18. The van der Waals surface area contributed by atoms with E-state index < -0.39 is 23.3 Å². The second-order valence-corrected chi connectivity index (χ2v) is 9.44. The van der Waals surface area contributed by atoms with Gasteiger partial charge in [-0.25, -0.2) is 4.68 Å². The second kappa shape index (κ2) is 9.64. The van der Waals surface area contributed by atoms with Gasteiger partial charge in [-0.1, -0.05) is 17.7 Å². The number of amides is 1. The number of carbonyl (C=O) groups excluding carboxylic acids is 1. The second-order valence-electron chi connectivity index (χ2n) is 9.01. The molecular weight excluding hydrogens is 457 g/mol. The van der Waals surface area contributed by atoms with E-state index in [1.807, 2.05) is 0 Å². The number of likely N-dealkylation sites (tertiary alicyclic amines) is 1. The van der Waals surface area contributed by atoms with Crippen LogP contribution >= 0.6 is 11.6 Å². The predicted molar refractivity (Wildman–Crippen MR) is 119 cm³/mol. The number of carbonyl (C=O) groups is 1. The summed E-state index contributed by atoms with van der Waals surface area (Å²) in [5.74, 6) is -0.231. The molecule has 0 spiro atoms. The van der Waals surface area contributed by atoms with Crippen molar-refractivity contribution in [2.45, 2.75) is 45.1 Å². The molecule has 2 unspecified atom stereocenters. The molecule has 2 saturated heterocycles. The highest BCUT2D eigenvalue weighted by Crippen LogP contribution is 2.35. The molecule has 0 bridgehead atoms. The van der Waals surface area contributed by atoms with Gasteiger partial charge >= 0.3 is 6.18 Å². The number of rotatable bonds is 4. The SMILES string of the molecule is CC1CN(CC2CCN(C(=O)c3cnn(-c4cccc(Cl)c4)c3C(F)(F)F)CC2)CC(C)O1. The number of hydrogen-bond acceptors (Lipinski definition) is 4. The maximum absolute atomic E-state index is 14.0. The summed E-state index contributed by atoms with van der Waals surface area (Å²) in [6.45, 7) is 7.65. The summed E-state index contributed by atoms with van der Waals surface area (Å²) in [4.78, 5) is 17.0. The largest absolute Gasteiger partial charge is 0.434 e. The lowest BCUT2D eigenvalue weighted by atomic mass is 9.95. The summed E-state index contributed by atoms with van der Waals surface area (Å²) < 4.78 is 48.4. The van der Waals surface area contributed by atoms with Gasteiger partial charge in [0.2, 0.25) is 0 Å². The molecule has 1 aromatic heterocycles. The van der Waals surface area contributed by atoms with Crippen molar-refractivity contribution in [2.24, 2.45) is 5.92 Å². The molecule has 0 N–H and O–H groups in total. The Labute approximate surface area is 196 Å². The Bertz CT molecular complexity index is 978. The molecule has 1 aromatic carbocycles. The van der Waals surface area contributed by atoms with Crippen LogP contribution in [-0.2, 0) is 10.9 Å². The Morgan fingerprint density at radius 2 is 1.85 bits per heavy atom. The molecule has 2 fully saturated rings. The summed E-state index contributed by atoms with van der Waals surface area (Å²) >= 11 is 5.94. The van der Waals surface area contributed by atoms with Crippen LogP contribution in [0.15, 0.2) is 30.5 Å². The van der Waals surface area contributed by atoms with Crippen molar-refractivity contribution in [1.82, 2.24) is 19.6 Å². The Kier molecular flexibility index (Phi) is 7.02. The molecular formula is C23H28ClF3N4O2. The zero-order chi connectivity index (χ0) is 23.8. The van der Waals surface area contributed by atoms with E-state index in [4.69, 9.17) is 16.3 Å². The van der Waals surface area contributed by atoms with Gasteiger partial charge in [-0.2, -0.15) is 18.3 Å². The minimum absolute atomic E-state index is 0.154. The third kappa shape index (κ3) is 5.53. The fourth-order valence-corrected chi connectivity index (χ4v) is 5.05. The van der Waals surface area contributed by atoms with Crippen molar-refractivity contribution in [1.29, 1.82) is 0 Å². The lowest BCUT2D eigenvalue weighted by Crippen LogP contribution is -2.48. The molecule has 0 saturated carbocycles. The fourth-order valence-electron chi connectivity index (χ4n) is 4.87. The number of aromatic nitrogens is 2. The van der Waals surface area contributed by atoms with E-state index in [1.165, 1.54) is 17.0 Å². The molecule has 2 atom stereocenters. The van der Waals surface area contributed by atoms with Crippen LogP contribution in [-0.4, -0.2) is 70.4 Å².